The number of urea groups is 1. The topological polar surface area (TPSA) is 81.5 Å². The summed E-state index contributed by atoms with van der Waals surface area (Å²) in [4.78, 5) is 12.2. The van der Waals surface area contributed by atoms with Crippen molar-refractivity contribution in [1.82, 2.24) is 4.59 Å². The Hall–Kier alpha value is -1.88. The van der Waals surface area contributed by atoms with Gasteiger partial charge in [-0.1, -0.05) is 23.1 Å². The van der Waals surface area contributed by atoms with Crippen LogP contribution in [0.2, 0.25) is 0 Å². The smallest absolute Gasteiger partial charge is 0.379 e. The molecule has 2 amide bonds. The molecular formula is C14H19N4O+. The van der Waals surface area contributed by atoms with E-state index in [1.54, 1.807) is 0 Å². The van der Waals surface area contributed by atoms with Gasteiger partial charge >= 0.3 is 6.03 Å². The largest absolute Gasteiger partial charge is 0.446 e. The number of rotatable bonds is 1. The van der Waals surface area contributed by atoms with Crippen molar-refractivity contribution < 1.29 is 4.79 Å². The van der Waals surface area contributed by atoms with Gasteiger partial charge in [-0.05, 0) is 24.0 Å². The van der Waals surface area contributed by atoms with E-state index in [2.05, 4.69) is 5.10 Å². The highest BCUT2D eigenvalue weighted by Crippen LogP contribution is 2.40. The molecule has 1 heterocycles. The summed E-state index contributed by atoms with van der Waals surface area (Å²) in [6, 6.07) is 7.32. The zero-order valence-corrected chi connectivity index (χ0v) is 10.9. The van der Waals surface area contributed by atoms with Crippen molar-refractivity contribution in [2.45, 2.75) is 38.1 Å². The summed E-state index contributed by atoms with van der Waals surface area (Å²) >= 11 is 0. The quantitative estimate of drug-likeness (QED) is 0.757. The third-order valence-electron chi connectivity index (χ3n) is 4.25. The highest BCUT2D eigenvalue weighted by atomic mass is 16.2. The average Bonchev–Trinajstić information content (AvgIpc) is 2.75. The number of amides is 2. The molecule has 1 aromatic carbocycles. The number of carbonyl (C=O) groups is 1. The number of nitrogens with zero attached hydrogens (tertiary/aromatic N) is 2. The number of fused-ring (bicyclic) bond motifs is 1. The molecule has 3 rings (SSSR count). The Morgan fingerprint density at radius 1 is 1.21 bits per heavy atom. The van der Waals surface area contributed by atoms with E-state index >= 15 is 0 Å². The maximum atomic E-state index is 12.2. The van der Waals surface area contributed by atoms with Gasteiger partial charge in [0.2, 0.25) is 0 Å². The first kappa shape index (κ1) is 12.2. The fourth-order valence-corrected chi connectivity index (χ4v) is 3.35. The van der Waals surface area contributed by atoms with Crippen LogP contribution in [0.5, 0.6) is 0 Å². The Morgan fingerprint density at radius 2 is 1.89 bits per heavy atom. The second kappa shape index (κ2) is 4.35. The van der Waals surface area contributed by atoms with Crippen molar-refractivity contribution in [3.8, 4) is 0 Å². The molecule has 1 aliphatic carbocycles. The van der Waals surface area contributed by atoms with E-state index in [-0.39, 0.29) is 10.6 Å². The molecule has 5 heteroatoms. The van der Waals surface area contributed by atoms with Gasteiger partial charge in [0, 0.05) is 18.9 Å². The normalized spacial score (nSPS) is 26.8. The van der Waals surface area contributed by atoms with Crippen molar-refractivity contribution in [1.29, 1.82) is 0 Å². The van der Waals surface area contributed by atoms with Gasteiger partial charge in [0.15, 0.2) is 11.5 Å². The summed E-state index contributed by atoms with van der Waals surface area (Å²) < 4.78 is -0.137. The van der Waals surface area contributed by atoms with Crippen LogP contribution in [0.25, 0.3) is 0 Å². The zero-order valence-electron chi connectivity index (χ0n) is 10.9. The Kier molecular flexibility index (Phi) is 2.78. The van der Waals surface area contributed by atoms with Gasteiger partial charge in [0.25, 0.3) is 0 Å². The van der Waals surface area contributed by atoms with Crippen LogP contribution in [-0.2, 0) is 0 Å². The number of nitrogens with two attached hydrogens (primary N) is 2. The molecule has 4 N–H and O–H groups in total. The molecule has 0 spiro atoms. The fraction of sp³-hybridized carbons (Fsp3) is 0.429. The molecule has 0 bridgehead atoms. The predicted octanol–water partition coefficient (Wildman–Crippen LogP) is 2.04. The number of benzene rings is 1. The standard InChI is InChI=1S/C14H18N4O/c15-13-11-8-4-5-9-12(11)18(17-13,14(16)19)10-6-2-1-3-7-10/h4-5,8-10H,1-3,6-7H2,(H3-,15,16,17,19)/p+1. The summed E-state index contributed by atoms with van der Waals surface area (Å²) in [6.45, 7) is 0. The summed E-state index contributed by atoms with van der Waals surface area (Å²) in [7, 11) is 0. The van der Waals surface area contributed by atoms with E-state index in [9.17, 15) is 4.79 Å². The van der Waals surface area contributed by atoms with Crippen LogP contribution in [0.4, 0.5) is 10.5 Å². The molecule has 0 radical (unpaired) electrons. The Bertz CT molecular complexity index is 548. The maximum Gasteiger partial charge on any atom is 0.446 e. The lowest BCUT2D eigenvalue weighted by atomic mass is 9.93. The molecule has 19 heavy (non-hydrogen) atoms. The first-order valence-corrected chi connectivity index (χ1v) is 6.80. The van der Waals surface area contributed by atoms with Gasteiger partial charge in [0.05, 0.1) is 5.56 Å². The molecular weight excluding hydrogens is 240 g/mol. The predicted molar refractivity (Wildman–Crippen MR) is 75.4 cm³/mol. The van der Waals surface area contributed by atoms with Crippen molar-refractivity contribution in [2.75, 3.05) is 0 Å². The van der Waals surface area contributed by atoms with Crippen molar-refractivity contribution in [3.63, 3.8) is 0 Å². The minimum absolute atomic E-state index is 0.119. The van der Waals surface area contributed by atoms with E-state index < -0.39 is 6.03 Å². The molecule has 1 aromatic rings. The second-order valence-corrected chi connectivity index (χ2v) is 5.32. The highest BCUT2D eigenvalue weighted by Gasteiger charge is 2.52. The van der Waals surface area contributed by atoms with Crippen LogP contribution in [0.3, 0.4) is 0 Å². The Balaban J connectivity index is 2.15. The molecule has 5 nitrogen and oxygen atoms in total. The van der Waals surface area contributed by atoms with Crippen LogP contribution >= 0.6 is 0 Å². The van der Waals surface area contributed by atoms with Crippen LogP contribution in [0.15, 0.2) is 29.4 Å². The average molecular weight is 259 g/mol. The van der Waals surface area contributed by atoms with E-state index in [1.807, 2.05) is 24.3 Å². The molecule has 1 saturated carbocycles. The molecule has 1 aliphatic heterocycles. The third-order valence-corrected chi connectivity index (χ3v) is 4.25. The zero-order chi connectivity index (χ0) is 13.5. The van der Waals surface area contributed by atoms with Crippen LogP contribution in [0.1, 0.15) is 37.7 Å². The number of para-hydroxylation sites is 1. The molecule has 0 aromatic heterocycles. The molecule has 100 valence electrons. The van der Waals surface area contributed by atoms with Gasteiger partial charge in [-0.3, -0.25) is 0 Å². The van der Waals surface area contributed by atoms with Crippen LogP contribution < -0.4 is 16.1 Å². The summed E-state index contributed by atoms with van der Waals surface area (Å²) in [5, 5.41) is 4.47. The Morgan fingerprint density at radius 3 is 2.58 bits per heavy atom. The lowest BCUT2D eigenvalue weighted by Crippen LogP contribution is -2.59. The third kappa shape index (κ3) is 1.65. The molecule has 1 fully saturated rings. The van der Waals surface area contributed by atoms with Crippen molar-refractivity contribution in [2.24, 2.45) is 16.6 Å². The number of hydrogen-bond acceptors (Lipinski definition) is 3. The molecule has 0 saturated heterocycles. The van der Waals surface area contributed by atoms with Crippen molar-refractivity contribution in [3.05, 3.63) is 29.8 Å². The number of hydrogen-bond donors (Lipinski definition) is 2. The number of primary amides is 1. The summed E-state index contributed by atoms with van der Waals surface area (Å²) in [6.07, 6.45) is 5.39. The highest BCUT2D eigenvalue weighted by molar-refractivity contribution is 6.09. The lowest BCUT2D eigenvalue weighted by molar-refractivity contribution is 0.170. The first-order valence-electron chi connectivity index (χ1n) is 6.80. The second-order valence-electron chi connectivity index (χ2n) is 5.32. The lowest BCUT2D eigenvalue weighted by Gasteiger charge is -2.34. The van der Waals surface area contributed by atoms with Gasteiger partial charge in [-0.25, -0.2) is 4.79 Å². The number of quaternary nitrogens is 1. The molecule has 1 unspecified atom stereocenters. The SMILES string of the molecule is NC(=O)[N+]1(C2CCCCC2)N=C(N)c2ccccc21. The molecule has 2 aliphatic rings. The molecule has 1 atom stereocenters. The van der Waals surface area contributed by atoms with Crippen LogP contribution in [0, 0.1) is 0 Å². The van der Waals surface area contributed by atoms with E-state index in [0.717, 1.165) is 36.9 Å². The van der Waals surface area contributed by atoms with Gasteiger partial charge in [0.1, 0.15) is 6.04 Å². The number of amidine groups is 1. The van der Waals surface area contributed by atoms with Crippen LogP contribution in [-0.4, -0.2) is 17.9 Å². The van der Waals surface area contributed by atoms with Gasteiger partial charge < -0.3 is 11.5 Å². The maximum absolute atomic E-state index is 12.2. The van der Waals surface area contributed by atoms with E-state index in [0.29, 0.717) is 5.84 Å². The summed E-state index contributed by atoms with van der Waals surface area (Å²) in [5.74, 6) is 0.417. The monoisotopic (exact) mass is 259 g/mol. The van der Waals surface area contributed by atoms with Gasteiger partial charge in [-0.15, -0.1) is 0 Å². The summed E-state index contributed by atoms with van der Waals surface area (Å²) in [5.41, 5.74) is 13.4. The first-order chi connectivity index (χ1) is 9.16. The van der Waals surface area contributed by atoms with Gasteiger partial charge in [-0.2, -0.15) is 0 Å². The fourth-order valence-electron chi connectivity index (χ4n) is 3.35. The minimum Gasteiger partial charge on any atom is -0.379 e. The van der Waals surface area contributed by atoms with Crippen molar-refractivity contribution >= 4 is 17.6 Å². The van der Waals surface area contributed by atoms with E-state index in [4.69, 9.17) is 11.5 Å². The van der Waals surface area contributed by atoms with E-state index in [1.165, 1.54) is 6.42 Å². The number of carbonyl (C=O) groups excluding carboxylic acids is 1. The Labute approximate surface area is 112 Å². The minimum atomic E-state index is -0.431.